The van der Waals surface area contributed by atoms with Crippen LogP contribution in [0.4, 0.5) is 5.69 Å². The largest absolute Gasteiger partial charge is 0.352 e. The minimum atomic E-state index is -0.739. The van der Waals surface area contributed by atoms with Gasteiger partial charge in [-0.2, -0.15) is 0 Å². The first-order valence-corrected chi connectivity index (χ1v) is 15.5. The van der Waals surface area contributed by atoms with Crippen LogP contribution in [-0.4, -0.2) is 41.2 Å². The van der Waals surface area contributed by atoms with E-state index in [1.54, 1.807) is 9.80 Å². The van der Waals surface area contributed by atoms with E-state index in [1.165, 1.54) is 6.42 Å². The molecule has 42 heavy (non-hydrogen) atoms. The van der Waals surface area contributed by atoms with Gasteiger partial charge in [0.05, 0.1) is 5.69 Å². The minimum Gasteiger partial charge on any atom is -0.352 e. The third-order valence-electron chi connectivity index (χ3n) is 8.41. The average molecular weight is 625 g/mol. The first-order valence-electron chi connectivity index (χ1n) is 14.7. The van der Waals surface area contributed by atoms with Crippen LogP contribution in [0, 0.1) is 0 Å². The molecule has 7 heteroatoms. The van der Waals surface area contributed by atoms with Crippen LogP contribution in [0.25, 0.3) is 10.8 Å². The van der Waals surface area contributed by atoms with Gasteiger partial charge in [-0.15, -0.1) is 0 Å². The fraction of sp³-hybridized carbons (Fsp3) is 0.286. The first-order chi connectivity index (χ1) is 20.5. The molecule has 1 unspecified atom stereocenters. The maximum absolute atomic E-state index is 14.4. The van der Waals surface area contributed by atoms with Crippen LogP contribution >= 0.6 is 15.9 Å². The van der Waals surface area contributed by atoms with Crippen molar-refractivity contribution in [3.8, 4) is 0 Å². The Hall–Kier alpha value is -3.97. The number of nitrogens with one attached hydrogen (secondary N) is 1. The molecule has 6 rings (SSSR count). The topological polar surface area (TPSA) is 69.7 Å². The molecule has 214 valence electrons. The number of halogens is 1. The number of carbonyl (C=O) groups excluding carboxylic acids is 3. The third-order valence-corrected chi connectivity index (χ3v) is 8.90. The van der Waals surface area contributed by atoms with Gasteiger partial charge in [-0.25, -0.2) is 0 Å². The monoisotopic (exact) mass is 623 g/mol. The lowest BCUT2D eigenvalue weighted by Gasteiger charge is -2.34. The molecule has 1 aliphatic heterocycles. The Morgan fingerprint density at radius 2 is 1.60 bits per heavy atom. The normalized spacial score (nSPS) is 15.5. The lowest BCUT2D eigenvalue weighted by molar-refractivity contribution is -0.140. The summed E-state index contributed by atoms with van der Waals surface area (Å²) in [6.07, 6.45) is 5.66. The molecule has 6 nitrogen and oxygen atoms in total. The van der Waals surface area contributed by atoms with Crippen molar-refractivity contribution in [2.45, 2.75) is 57.2 Å². The predicted molar refractivity (Wildman–Crippen MR) is 169 cm³/mol. The molecule has 2 aliphatic rings. The van der Waals surface area contributed by atoms with E-state index < -0.39 is 6.04 Å². The minimum absolute atomic E-state index is 0.111. The highest BCUT2D eigenvalue weighted by Crippen LogP contribution is 2.37. The molecule has 0 radical (unpaired) electrons. The molecular weight excluding hydrogens is 590 g/mol. The standard InChI is InChI=1S/C35H34BrN3O3/c36-27-15-7-12-25(20-27)22-38(31(21-24-10-3-1-4-11-24)34(41)37-28-16-5-2-6-17-28)32(40)23-39-30-19-9-14-26-13-8-18-29(33(26)30)35(39)42/h1,3-4,7-15,18-20,28,31H,2,5-6,16-17,21-23H2,(H,37,41). The lowest BCUT2D eigenvalue weighted by atomic mass is 9.94. The summed E-state index contributed by atoms with van der Waals surface area (Å²) in [5.41, 5.74) is 3.21. The molecule has 0 spiro atoms. The number of rotatable bonds is 9. The Morgan fingerprint density at radius 1 is 0.881 bits per heavy atom. The molecule has 1 saturated carbocycles. The zero-order valence-corrected chi connectivity index (χ0v) is 25.1. The van der Waals surface area contributed by atoms with Gasteiger partial charge in [0.15, 0.2) is 0 Å². The van der Waals surface area contributed by atoms with Gasteiger partial charge in [0, 0.05) is 34.4 Å². The SMILES string of the molecule is O=C(NC1CCCCC1)C(Cc1ccccc1)N(Cc1cccc(Br)c1)C(=O)CN1C(=O)c2cccc3cccc1c23. The van der Waals surface area contributed by atoms with Crippen molar-refractivity contribution in [3.63, 3.8) is 0 Å². The van der Waals surface area contributed by atoms with Crippen molar-refractivity contribution in [3.05, 3.63) is 112 Å². The van der Waals surface area contributed by atoms with Gasteiger partial charge in [-0.05, 0) is 53.6 Å². The van der Waals surface area contributed by atoms with Gasteiger partial charge in [-0.1, -0.05) is 102 Å². The molecule has 4 aromatic rings. The average Bonchev–Trinajstić information content (AvgIpc) is 3.28. The second-order valence-electron chi connectivity index (χ2n) is 11.3. The molecule has 0 aromatic heterocycles. The van der Waals surface area contributed by atoms with Gasteiger partial charge in [0.2, 0.25) is 11.8 Å². The van der Waals surface area contributed by atoms with E-state index in [0.29, 0.717) is 12.0 Å². The summed E-state index contributed by atoms with van der Waals surface area (Å²) in [6, 6.07) is 28.4. The summed E-state index contributed by atoms with van der Waals surface area (Å²) in [5.74, 6) is -0.607. The Balaban J connectivity index is 1.35. The first kappa shape index (κ1) is 28.2. The maximum atomic E-state index is 14.4. The highest BCUT2D eigenvalue weighted by atomic mass is 79.9. The van der Waals surface area contributed by atoms with Crippen LogP contribution in [0.15, 0.2) is 95.5 Å². The van der Waals surface area contributed by atoms with Crippen LogP contribution in [0.5, 0.6) is 0 Å². The van der Waals surface area contributed by atoms with E-state index in [1.807, 2.05) is 91.0 Å². The van der Waals surface area contributed by atoms with Crippen LogP contribution in [0.1, 0.15) is 53.6 Å². The Bertz CT molecular complexity index is 1610. The van der Waals surface area contributed by atoms with Gasteiger partial charge >= 0.3 is 0 Å². The van der Waals surface area contributed by atoms with E-state index in [4.69, 9.17) is 0 Å². The van der Waals surface area contributed by atoms with Gasteiger partial charge < -0.3 is 10.2 Å². The highest BCUT2D eigenvalue weighted by molar-refractivity contribution is 9.10. The number of nitrogens with zero attached hydrogens (tertiary/aromatic N) is 2. The van der Waals surface area contributed by atoms with Gasteiger partial charge in [-0.3, -0.25) is 19.3 Å². The van der Waals surface area contributed by atoms with Gasteiger partial charge in [0.25, 0.3) is 5.91 Å². The Labute approximate surface area is 254 Å². The summed E-state index contributed by atoms with van der Waals surface area (Å²) in [4.78, 5) is 45.2. The van der Waals surface area contributed by atoms with Crippen molar-refractivity contribution < 1.29 is 14.4 Å². The molecular formula is C35H34BrN3O3. The van der Waals surface area contributed by atoms with Crippen molar-refractivity contribution in [2.75, 3.05) is 11.4 Å². The van der Waals surface area contributed by atoms with Crippen molar-refractivity contribution in [1.29, 1.82) is 0 Å². The summed E-state index contributed by atoms with van der Waals surface area (Å²) in [7, 11) is 0. The number of amides is 3. The van der Waals surface area contributed by atoms with E-state index in [9.17, 15) is 14.4 Å². The summed E-state index contributed by atoms with van der Waals surface area (Å²) < 4.78 is 0.899. The fourth-order valence-electron chi connectivity index (χ4n) is 6.29. The number of benzene rings is 4. The quantitative estimate of drug-likeness (QED) is 0.227. The van der Waals surface area contributed by atoms with Gasteiger partial charge in [0.1, 0.15) is 12.6 Å². The molecule has 1 atom stereocenters. The third kappa shape index (κ3) is 5.97. The molecule has 1 fully saturated rings. The maximum Gasteiger partial charge on any atom is 0.259 e. The smallest absolute Gasteiger partial charge is 0.259 e. The zero-order chi connectivity index (χ0) is 29.1. The molecule has 4 aromatic carbocycles. The van der Waals surface area contributed by atoms with E-state index in [2.05, 4.69) is 21.2 Å². The number of anilines is 1. The molecule has 0 bridgehead atoms. The fourth-order valence-corrected chi connectivity index (χ4v) is 6.74. The zero-order valence-electron chi connectivity index (χ0n) is 23.5. The molecule has 1 heterocycles. The number of hydrogen-bond acceptors (Lipinski definition) is 3. The summed E-state index contributed by atoms with van der Waals surface area (Å²) in [6.45, 7) is 0.0929. The van der Waals surface area contributed by atoms with Crippen LogP contribution in [0.3, 0.4) is 0 Å². The van der Waals surface area contributed by atoms with E-state index in [0.717, 1.165) is 57.7 Å². The molecule has 1 aliphatic carbocycles. The predicted octanol–water partition coefficient (Wildman–Crippen LogP) is 6.65. The van der Waals surface area contributed by atoms with E-state index >= 15 is 0 Å². The lowest BCUT2D eigenvalue weighted by Crippen LogP contribution is -2.54. The van der Waals surface area contributed by atoms with Crippen LogP contribution in [-0.2, 0) is 22.6 Å². The second-order valence-corrected chi connectivity index (χ2v) is 12.2. The Morgan fingerprint density at radius 3 is 2.36 bits per heavy atom. The second kappa shape index (κ2) is 12.5. The summed E-state index contributed by atoms with van der Waals surface area (Å²) in [5, 5.41) is 5.12. The van der Waals surface area contributed by atoms with Crippen molar-refractivity contribution in [2.24, 2.45) is 0 Å². The molecule has 0 saturated heterocycles. The Kier molecular flexibility index (Phi) is 8.38. The van der Waals surface area contributed by atoms with Crippen molar-refractivity contribution in [1.82, 2.24) is 10.2 Å². The highest BCUT2D eigenvalue weighted by Gasteiger charge is 2.36. The van der Waals surface area contributed by atoms with Crippen LogP contribution < -0.4 is 10.2 Å². The summed E-state index contributed by atoms with van der Waals surface area (Å²) >= 11 is 3.55. The number of carbonyl (C=O) groups is 3. The molecule has 3 amide bonds. The van der Waals surface area contributed by atoms with Crippen molar-refractivity contribution >= 4 is 50.1 Å². The van der Waals surface area contributed by atoms with E-state index in [-0.39, 0.29) is 36.9 Å². The number of hydrogen-bond donors (Lipinski definition) is 1. The molecule has 1 N–H and O–H groups in total. The van der Waals surface area contributed by atoms with Crippen LogP contribution in [0.2, 0.25) is 0 Å².